The van der Waals surface area contributed by atoms with E-state index in [2.05, 4.69) is 4.74 Å². The lowest BCUT2D eigenvalue weighted by Gasteiger charge is -2.16. The van der Waals surface area contributed by atoms with E-state index in [1.54, 1.807) is 0 Å². The number of hydrogen-bond donors (Lipinski definition) is 1. The van der Waals surface area contributed by atoms with E-state index in [0.717, 1.165) is 16.9 Å². The van der Waals surface area contributed by atoms with Crippen LogP contribution in [0.1, 0.15) is 21.2 Å². The molecule has 1 aliphatic rings. The third kappa shape index (κ3) is 3.94. The van der Waals surface area contributed by atoms with Gasteiger partial charge in [-0.15, -0.1) is 23.7 Å². The lowest BCUT2D eigenvalue weighted by Crippen LogP contribution is -2.29. The summed E-state index contributed by atoms with van der Waals surface area (Å²) in [6.45, 7) is 1.18. The number of methoxy groups -OCH3 is 1. The van der Waals surface area contributed by atoms with Crippen molar-refractivity contribution in [1.82, 2.24) is 4.31 Å². The van der Waals surface area contributed by atoms with Crippen LogP contribution in [0, 0.1) is 5.92 Å². The van der Waals surface area contributed by atoms with Crippen LogP contribution in [0.5, 0.6) is 0 Å². The van der Waals surface area contributed by atoms with Crippen LogP contribution in [0.25, 0.3) is 0 Å². The Kier molecular flexibility index (Phi) is 6.81. The number of hydrogen-bond acceptors (Lipinski definition) is 6. The summed E-state index contributed by atoms with van der Waals surface area (Å²) in [7, 11) is -2.39. The maximum absolute atomic E-state index is 12.9. The zero-order valence-electron chi connectivity index (χ0n) is 14.2. The van der Waals surface area contributed by atoms with E-state index in [1.165, 1.54) is 22.9 Å². The molecule has 1 saturated heterocycles. The third-order valence-electron chi connectivity index (χ3n) is 4.54. The van der Waals surface area contributed by atoms with Crippen molar-refractivity contribution in [2.24, 2.45) is 11.7 Å². The summed E-state index contributed by atoms with van der Waals surface area (Å²) in [4.78, 5) is 12.0. The fourth-order valence-corrected chi connectivity index (χ4v) is 5.86. The molecule has 3 rings (SSSR count). The number of thiophene rings is 1. The van der Waals surface area contributed by atoms with E-state index < -0.39 is 16.0 Å². The molecule has 0 aliphatic carbocycles. The van der Waals surface area contributed by atoms with E-state index in [0.29, 0.717) is 19.6 Å². The molecule has 0 amide bonds. The van der Waals surface area contributed by atoms with Gasteiger partial charge < -0.3 is 10.5 Å². The molecule has 1 aromatic heterocycles. The summed E-state index contributed by atoms with van der Waals surface area (Å²) in [5, 5.41) is 1.48. The van der Waals surface area contributed by atoms with Crippen LogP contribution in [0.2, 0.25) is 0 Å². The molecule has 0 radical (unpaired) electrons. The molecule has 142 valence electrons. The Morgan fingerprint density at radius 2 is 2.00 bits per heavy atom. The second-order valence-electron chi connectivity index (χ2n) is 5.97. The van der Waals surface area contributed by atoms with Crippen LogP contribution in [-0.4, -0.2) is 45.4 Å². The van der Waals surface area contributed by atoms with Gasteiger partial charge in [0, 0.05) is 24.4 Å². The van der Waals surface area contributed by atoms with E-state index in [-0.39, 0.29) is 34.0 Å². The fourth-order valence-electron chi connectivity index (χ4n) is 3.16. The quantitative estimate of drug-likeness (QED) is 0.755. The average molecular weight is 417 g/mol. The van der Waals surface area contributed by atoms with Gasteiger partial charge >= 0.3 is 5.97 Å². The van der Waals surface area contributed by atoms with E-state index >= 15 is 0 Å². The normalized spacial score (nSPS) is 20.5. The largest absolute Gasteiger partial charge is 0.465 e. The Bertz CT molecular complexity index is 855. The second-order valence-corrected chi connectivity index (χ2v) is 8.82. The molecular formula is C17H21ClN2O4S2. The molecular weight excluding hydrogens is 396 g/mol. The standard InChI is InChI=1S/C17H20N2O4S2.ClH/c1-23-17(20)16-7-14(11-24-16)25(21,22)19-9-13(8-18)15(10-19)12-5-3-2-4-6-12;/h2-7,11,13,15H,8-10,18H2,1H3;1H/t13-,15+;/m1./s1. The summed E-state index contributed by atoms with van der Waals surface area (Å²) in [6, 6.07) is 11.2. The zero-order valence-corrected chi connectivity index (χ0v) is 16.6. The molecule has 6 nitrogen and oxygen atoms in total. The van der Waals surface area contributed by atoms with E-state index in [9.17, 15) is 13.2 Å². The second kappa shape index (κ2) is 8.49. The zero-order chi connectivity index (χ0) is 18.0. The summed E-state index contributed by atoms with van der Waals surface area (Å²) in [6.07, 6.45) is 0. The number of benzene rings is 1. The van der Waals surface area contributed by atoms with Gasteiger partial charge in [0.2, 0.25) is 10.0 Å². The first kappa shape index (κ1) is 20.9. The van der Waals surface area contributed by atoms with Crippen LogP contribution in [0.15, 0.2) is 46.7 Å². The highest BCUT2D eigenvalue weighted by Crippen LogP contribution is 2.35. The Balaban J connectivity index is 0.00000243. The van der Waals surface area contributed by atoms with Crippen molar-refractivity contribution < 1.29 is 17.9 Å². The Labute approximate surface area is 163 Å². The molecule has 0 unspecified atom stereocenters. The molecule has 2 aromatic rings. The van der Waals surface area contributed by atoms with Crippen LogP contribution < -0.4 is 5.73 Å². The highest BCUT2D eigenvalue weighted by Gasteiger charge is 2.39. The number of sulfonamides is 1. The molecule has 2 N–H and O–H groups in total. The van der Waals surface area contributed by atoms with Gasteiger partial charge in [-0.3, -0.25) is 0 Å². The molecule has 1 fully saturated rings. The molecule has 2 atom stereocenters. The molecule has 0 saturated carbocycles. The van der Waals surface area contributed by atoms with Gasteiger partial charge in [0.15, 0.2) is 0 Å². The molecule has 1 aromatic carbocycles. The van der Waals surface area contributed by atoms with Gasteiger partial charge in [-0.1, -0.05) is 30.3 Å². The predicted molar refractivity (Wildman–Crippen MR) is 103 cm³/mol. The summed E-state index contributed by atoms with van der Waals surface area (Å²) in [5.74, 6) is -0.398. The highest BCUT2D eigenvalue weighted by atomic mass is 35.5. The van der Waals surface area contributed by atoms with Crippen molar-refractivity contribution in [1.29, 1.82) is 0 Å². The number of carbonyl (C=O) groups is 1. The summed E-state index contributed by atoms with van der Waals surface area (Å²) < 4.78 is 32.0. The number of nitrogens with two attached hydrogens (primary N) is 1. The number of rotatable bonds is 5. The lowest BCUT2D eigenvalue weighted by molar-refractivity contribution is 0.0606. The van der Waals surface area contributed by atoms with Crippen molar-refractivity contribution in [3.8, 4) is 0 Å². The SMILES string of the molecule is COC(=O)c1cc(S(=O)(=O)N2C[C@@H](CN)[C@H](c3ccccc3)C2)cs1.Cl. The van der Waals surface area contributed by atoms with Crippen molar-refractivity contribution >= 4 is 39.7 Å². The molecule has 1 aliphatic heterocycles. The minimum atomic E-state index is -3.66. The van der Waals surface area contributed by atoms with Crippen molar-refractivity contribution in [3.05, 3.63) is 52.2 Å². The Hall–Kier alpha value is -1.45. The average Bonchev–Trinajstić information content (AvgIpc) is 3.29. The molecule has 9 heteroatoms. The highest BCUT2D eigenvalue weighted by molar-refractivity contribution is 7.89. The van der Waals surface area contributed by atoms with Gasteiger partial charge in [0.1, 0.15) is 4.88 Å². The molecule has 0 spiro atoms. The number of halogens is 1. The van der Waals surface area contributed by atoms with Crippen molar-refractivity contribution in [3.63, 3.8) is 0 Å². The minimum absolute atomic E-state index is 0. The first-order valence-electron chi connectivity index (χ1n) is 7.89. The summed E-state index contributed by atoms with van der Waals surface area (Å²) in [5.41, 5.74) is 6.98. The Morgan fingerprint density at radius 1 is 1.31 bits per heavy atom. The third-order valence-corrected chi connectivity index (χ3v) is 7.41. The van der Waals surface area contributed by atoms with Gasteiger partial charge in [-0.2, -0.15) is 4.31 Å². The molecule has 26 heavy (non-hydrogen) atoms. The maximum atomic E-state index is 12.9. The molecule has 0 bridgehead atoms. The Morgan fingerprint density at radius 3 is 2.62 bits per heavy atom. The lowest BCUT2D eigenvalue weighted by atomic mass is 9.89. The van der Waals surface area contributed by atoms with Crippen LogP contribution >= 0.6 is 23.7 Å². The van der Waals surface area contributed by atoms with Gasteiger partial charge in [-0.05, 0) is 24.1 Å². The van der Waals surface area contributed by atoms with Gasteiger partial charge in [0.05, 0.1) is 12.0 Å². The number of nitrogens with zero attached hydrogens (tertiary/aromatic N) is 1. The van der Waals surface area contributed by atoms with Crippen LogP contribution in [0.3, 0.4) is 0 Å². The smallest absolute Gasteiger partial charge is 0.348 e. The van der Waals surface area contributed by atoms with Crippen molar-refractivity contribution in [2.45, 2.75) is 10.8 Å². The monoisotopic (exact) mass is 416 g/mol. The van der Waals surface area contributed by atoms with Crippen LogP contribution in [-0.2, 0) is 14.8 Å². The fraction of sp³-hybridized carbons (Fsp3) is 0.353. The van der Waals surface area contributed by atoms with Gasteiger partial charge in [-0.25, -0.2) is 13.2 Å². The van der Waals surface area contributed by atoms with Gasteiger partial charge in [0.25, 0.3) is 0 Å². The number of carbonyl (C=O) groups excluding carboxylic acids is 1. The van der Waals surface area contributed by atoms with E-state index in [1.807, 2.05) is 30.3 Å². The molecule has 2 heterocycles. The topological polar surface area (TPSA) is 89.7 Å². The number of esters is 1. The van der Waals surface area contributed by atoms with E-state index in [4.69, 9.17) is 5.73 Å². The maximum Gasteiger partial charge on any atom is 0.348 e. The first-order valence-corrected chi connectivity index (χ1v) is 10.2. The minimum Gasteiger partial charge on any atom is -0.465 e. The van der Waals surface area contributed by atoms with Crippen LogP contribution in [0.4, 0.5) is 0 Å². The van der Waals surface area contributed by atoms with Crippen molar-refractivity contribution in [2.75, 3.05) is 26.7 Å². The summed E-state index contributed by atoms with van der Waals surface area (Å²) >= 11 is 1.07. The predicted octanol–water partition coefficient (Wildman–Crippen LogP) is 2.32. The number of ether oxygens (including phenoxy) is 1. The first-order chi connectivity index (χ1) is 12.0.